The van der Waals surface area contributed by atoms with Crippen LogP contribution in [0, 0.1) is 5.92 Å². The molecule has 1 saturated carbocycles. The fourth-order valence-corrected chi connectivity index (χ4v) is 3.61. The SMILES string of the molecule is O=C1CCC2CN(c3cc(Cl)nc(C4CC4)n3)CCC2N1. The van der Waals surface area contributed by atoms with Crippen LogP contribution in [0.2, 0.25) is 5.15 Å². The van der Waals surface area contributed by atoms with Gasteiger partial charge in [-0.25, -0.2) is 9.97 Å². The summed E-state index contributed by atoms with van der Waals surface area (Å²) in [6.07, 6.45) is 4.96. The Labute approximate surface area is 129 Å². The van der Waals surface area contributed by atoms with Gasteiger partial charge >= 0.3 is 0 Å². The number of amides is 1. The molecule has 2 atom stereocenters. The summed E-state index contributed by atoms with van der Waals surface area (Å²) in [7, 11) is 0. The fourth-order valence-electron chi connectivity index (χ4n) is 3.43. The van der Waals surface area contributed by atoms with Gasteiger partial charge in [0.05, 0.1) is 0 Å². The zero-order valence-electron chi connectivity index (χ0n) is 11.9. The van der Waals surface area contributed by atoms with E-state index < -0.39 is 0 Å². The average Bonchev–Trinajstić information content (AvgIpc) is 3.30. The molecule has 21 heavy (non-hydrogen) atoms. The molecule has 2 saturated heterocycles. The minimum absolute atomic E-state index is 0.200. The second-order valence-corrected chi connectivity index (χ2v) is 6.78. The van der Waals surface area contributed by atoms with Crippen molar-refractivity contribution in [3.63, 3.8) is 0 Å². The number of carbonyl (C=O) groups is 1. The van der Waals surface area contributed by atoms with Gasteiger partial charge < -0.3 is 10.2 Å². The molecule has 1 amide bonds. The molecular weight excluding hydrogens is 288 g/mol. The smallest absolute Gasteiger partial charge is 0.220 e. The first kappa shape index (κ1) is 13.3. The van der Waals surface area contributed by atoms with Crippen molar-refractivity contribution in [3.05, 3.63) is 17.0 Å². The van der Waals surface area contributed by atoms with Crippen molar-refractivity contribution in [3.8, 4) is 0 Å². The van der Waals surface area contributed by atoms with E-state index in [0.717, 1.165) is 37.6 Å². The summed E-state index contributed by atoms with van der Waals surface area (Å²) in [5.74, 6) is 3.08. The number of hydrogen-bond acceptors (Lipinski definition) is 4. The van der Waals surface area contributed by atoms with E-state index in [1.165, 1.54) is 12.8 Å². The Bertz CT molecular complexity index is 575. The molecule has 1 aliphatic carbocycles. The van der Waals surface area contributed by atoms with Crippen LogP contribution in [-0.4, -0.2) is 35.0 Å². The molecule has 0 bridgehead atoms. The van der Waals surface area contributed by atoms with Gasteiger partial charge in [-0.1, -0.05) is 11.6 Å². The summed E-state index contributed by atoms with van der Waals surface area (Å²) in [6, 6.07) is 2.21. The van der Waals surface area contributed by atoms with Crippen LogP contribution in [-0.2, 0) is 4.79 Å². The molecule has 4 rings (SSSR count). The minimum atomic E-state index is 0.200. The molecule has 112 valence electrons. The predicted octanol–water partition coefficient (Wildman–Crippen LogP) is 2.11. The van der Waals surface area contributed by atoms with Gasteiger partial charge in [0, 0.05) is 37.5 Å². The Hall–Kier alpha value is -1.36. The lowest BCUT2D eigenvalue weighted by Gasteiger charge is -2.41. The molecule has 1 N–H and O–H groups in total. The highest BCUT2D eigenvalue weighted by atomic mass is 35.5. The van der Waals surface area contributed by atoms with Crippen molar-refractivity contribution in [2.45, 2.75) is 44.1 Å². The van der Waals surface area contributed by atoms with Gasteiger partial charge in [-0.3, -0.25) is 4.79 Å². The Kier molecular flexibility index (Phi) is 3.25. The quantitative estimate of drug-likeness (QED) is 0.850. The molecule has 2 unspecified atom stereocenters. The molecule has 1 aromatic heterocycles. The van der Waals surface area contributed by atoms with Crippen LogP contribution in [0.1, 0.15) is 43.8 Å². The minimum Gasteiger partial charge on any atom is -0.356 e. The zero-order valence-corrected chi connectivity index (χ0v) is 12.6. The van der Waals surface area contributed by atoms with E-state index in [9.17, 15) is 4.79 Å². The van der Waals surface area contributed by atoms with Crippen molar-refractivity contribution in [1.29, 1.82) is 0 Å². The average molecular weight is 307 g/mol. The lowest BCUT2D eigenvalue weighted by Crippen LogP contribution is -2.54. The van der Waals surface area contributed by atoms with Gasteiger partial charge in [0.1, 0.15) is 16.8 Å². The highest BCUT2D eigenvalue weighted by Gasteiger charge is 2.35. The number of nitrogens with zero attached hydrogens (tertiary/aromatic N) is 3. The fraction of sp³-hybridized carbons (Fsp3) is 0.667. The first-order chi connectivity index (χ1) is 10.2. The van der Waals surface area contributed by atoms with Crippen molar-refractivity contribution in [2.24, 2.45) is 5.92 Å². The first-order valence-electron chi connectivity index (χ1n) is 7.78. The summed E-state index contributed by atoms with van der Waals surface area (Å²) in [5.41, 5.74) is 0. The maximum atomic E-state index is 11.5. The van der Waals surface area contributed by atoms with E-state index in [-0.39, 0.29) is 5.91 Å². The van der Waals surface area contributed by atoms with E-state index in [1.807, 2.05) is 6.07 Å². The standard InChI is InChI=1S/C15H19ClN4O/c16-12-7-13(19-15(18-12)9-1-2-9)20-6-5-11-10(8-20)3-4-14(21)17-11/h7,9-11H,1-6,8H2,(H,17,21). The Morgan fingerprint density at radius 3 is 2.90 bits per heavy atom. The summed E-state index contributed by atoms with van der Waals surface area (Å²) in [4.78, 5) is 22.8. The van der Waals surface area contributed by atoms with Gasteiger partial charge in [-0.2, -0.15) is 0 Å². The van der Waals surface area contributed by atoms with Crippen LogP contribution in [0.3, 0.4) is 0 Å². The van der Waals surface area contributed by atoms with Gasteiger partial charge in [0.15, 0.2) is 0 Å². The van der Waals surface area contributed by atoms with Gasteiger partial charge in [-0.05, 0) is 31.6 Å². The third-order valence-electron chi connectivity index (χ3n) is 4.79. The van der Waals surface area contributed by atoms with E-state index >= 15 is 0 Å². The number of fused-ring (bicyclic) bond motifs is 1. The van der Waals surface area contributed by atoms with Crippen LogP contribution in [0.5, 0.6) is 0 Å². The molecule has 0 aromatic carbocycles. The van der Waals surface area contributed by atoms with E-state index in [0.29, 0.717) is 29.5 Å². The van der Waals surface area contributed by atoms with Crippen LogP contribution in [0.4, 0.5) is 5.82 Å². The largest absolute Gasteiger partial charge is 0.356 e. The molecule has 2 aliphatic heterocycles. The number of halogens is 1. The molecule has 1 aromatic rings. The van der Waals surface area contributed by atoms with Crippen LogP contribution >= 0.6 is 11.6 Å². The van der Waals surface area contributed by atoms with Crippen LogP contribution in [0.25, 0.3) is 0 Å². The maximum absolute atomic E-state index is 11.5. The van der Waals surface area contributed by atoms with Crippen molar-refractivity contribution in [1.82, 2.24) is 15.3 Å². The van der Waals surface area contributed by atoms with Gasteiger partial charge in [0.2, 0.25) is 5.91 Å². The third kappa shape index (κ3) is 2.71. The molecule has 3 aliphatic rings. The van der Waals surface area contributed by atoms with Crippen LogP contribution in [0.15, 0.2) is 6.07 Å². The van der Waals surface area contributed by atoms with E-state index in [1.54, 1.807) is 0 Å². The molecule has 3 fully saturated rings. The van der Waals surface area contributed by atoms with Crippen molar-refractivity contribution in [2.75, 3.05) is 18.0 Å². The zero-order chi connectivity index (χ0) is 14.4. The molecule has 0 spiro atoms. The second-order valence-electron chi connectivity index (χ2n) is 6.39. The Morgan fingerprint density at radius 2 is 2.10 bits per heavy atom. The highest BCUT2D eigenvalue weighted by molar-refractivity contribution is 6.29. The lowest BCUT2D eigenvalue weighted by atomic mass is 9.85. The molecule has 0 radical (unpaired) electrons. The van der Waals surface area contributed by atoms with Crippen molar-refractivity contribution >= 4 is 23.3 Å². The Morgan fingerprint density at radius 1 is 1.24 bits per heavy atom. The number of piperidine rings is 2. The van der Waals surface area contributed by atoms with Crippen LogP contribution < -0.4 is 10.2 Å². The number of nitrogens with one attached hydrogen (secondary N) is 1. The molecule has 3 heterocycles. The number of rotatable bonds is 2. The third-order valence-corrected chi connectivity index (χ3v) is 4.98. The first-order valence-corrected chi connectivity index (χ1v) is 8.15. The molecular formula is C15H19ClN4O. The lowest BCUT2D eigenvalue weighted by molar-refractivity contribution is -0.124. The maximum Gasteiger partial charge on any atom is 0.220 e. The summed E-state index contributed by atoms with van der Waals surface area (Å²) in [5, 5.41) is 3.66. The number of aromatic nitrogens is 2. The van der Waals surface area contributed by atoms with Gasteiger partial charge in [0.25, 0.3) is 0 Å². The monoisotopic (exact) mass is 306 g/mol. The molecule has 6 heteroatoms. The highest BCUT2D eigenvalue weighted by Crippen LogP contribution is 2.39. The predicted molar refractivity (Wildman–Crippen MR) is 80.5 cm³/mol. The number of anilines is 1. The normalized spacial score (nSPS) is 29.0. The summed E-state index contributed by atoms with van der Waals surface area (Å²) < 4.78 is 0. The summed E-state index contributed by atoms with van der Waals surface area (Å²) in [6.45, 7) is 1.86. The van der Waals surface area contributed by atoms with E-state index in [2.05, 4.69) is 15.2 Å². The summed E-state index contributed by atoms with van der Waals surface area (Å²) >= 11 is 6.16. The molecule has 5 nitrogen and oxygen atoms in total. The number of carbonyl (C=O) groups excluding carboxylic acids is 1. The topological polar surface area (TPSA) is 58.1 Å². The number of hydrogen-bond donors (Lipinski definition) is 1. The Balaban J connectivity index is 1.53. The van der Waals surface area contributed by atoms with Crippen molar-refractivity contribution < 1.29 is 4.79 Å². The van der Waals surface area contributed by atoms with Gasteiger partial charge in [-0.15, -0.1) is 0 Å². The second kappa shape index (κ2) is 5.13. The van der Waals surface area contributed by atoms with E-state index in [4.69, 9.17) is 16.6 Å².